The summed E-state index contributed by atoms with van der Waals surface area (Å²) in [6, 6.07) is 15.6. The van der Waals surface area contributed by atoms with E-state index < -0.39 is 6.04 Å². The van der Waals surface area contributed by atoms with Crippen LogP contribution in [0.15, 0.2) is 73.3 Å². The molecule has 2 unspecified atom stereocenters. The van der Waals surface area contributed by atoms with Crippen LogP contribution in [-0.2, 0) is 4.79 Å². The predicted molar refractivity (Wildman–Crippen MR) is 158 cm³/mol. The zero-order chi connectivity index (χ0) is 29.8. The van der Waals surface area contributed by atoms with E-state index in [4.69, 9.17) is 25.8 Å². The van der Waals surface area contributed by atoms with Crippen LogP contribution in [0.3, 0.4) is 0 Å². The zero-order valence-corrected chi connectivity index (χ0v) is 24.2. The summed E-state index contributed by atoms with van der Waals surface area (Å²) in [5.74, 6) is 2.58. The second-order valence-corrected chi connectivity index (χ2v) is 10.5. The number of carbonyl (C=O) groups is 2. The molecule has 2 aromatic carbocycles. The van der Waals surface area contributed by atoms with Gasteiger partial charge in [0, 0.05) is 50.1 Å². The molecule has 2 amide bonds. The molecule has 2 aliphatic rings. The first-order valence-corrected chi connectivity index (χ1v) is 14.2. The predicted octanol–water partition coefficient (Wildman–Crippen LogP) is 3.00. The van der Waals surface area contributed by atoms with E-state index in [1.54, 1.807) is 65.6 Å². The summed E-state index contributed by atoms with van der Waals surface area (Å²) >= 11 is 6.36. The molecule has 4 heterocycles. The molecule has 1 saturated heterocycles. The van der Waals surface area contributed by atoms with Crippen molar-refractivity contribution in [1.29, 1.82) is 0 Å². The highest BCUT2D eigenvalue weighted by Gasteiger charge is 2.34. The number of aromatic nitrogens is 4. The van der Waals surface area contributed by atoms with E-state index in [0.717, 1.165) is 0 Å². The Labute approximate surface area is 253 Å². The molecule has 0 radical (unpaired) electrons. The number of piperazine rings is 1. The lowest BCUT2D eigenvalue weighted by molar-refractivity contribution is -0.122. The van der Waals surface area contributed by atoms with Crippen molar-refractivity contribution in [3.8, 4) is 23.2 Å². The molecular weight excluding hydrogens is 574 g/mol. The fourth-order valence-electron chi connectivity index (χ4n) is 5.13. The summed E-state index contributed by atoms with van der Waals surface area (Å²) in [5, 5.41) is 3.24. The number of nitrogens with one attached hydrogen (secondary N) is 1. The highest BCUT2D eigenvalue weighted by molar-refractivity contribution is 6.29. The molecule has 222 valence electrons. The van der Waals surface area contributed by atoms with E-state index in [1.807, 2.05) is 29.2 Å². The first-order valence-electron chi connectivity index (χ1n) is 13.8. The van der Waals surface area contributed by atoms with Crippen LogP contribution in [0.5, 0.6) is 17.2 Å². The van der Waals surface area contributed by atoms with Gasteiger partial charge in [-0.15, -0.1) is 0 Å². The number of anilines is 1. The second kappa shape index (κ2) is 12.6. The third-order valence-electron chi connectivity index (χ3n) is 7.32. The standard InChI is InChI=1S/C30H30ClN7O5/c1-41-22-8-6-20(7-9-22)29(40)38-13-12-36(27-15-26(31)34-30(35-27)37-11-10-32-19-37)17-21(38)14-28(39)33-16-23-18-42-24-4-2-3-5-25(24)43-23/h2-11,15,19,21,23H,12-14,16-18H2,1H3,(H,33,39). The van der Waals surface area contributed by atoms with Crippen LogP contribution in [0.2, 0.25) is 5.15 Å². The molecule has 0 aliphatic carbocycles. The zero-order valence-electron chi connectivity index (χ0n) is 23.4. The van der Waals surface area contributed by atoms with Gasteiger partial charge in [0.1, 0.15) is 35.8 Å². The summed E-state index contributed by atoms with van der Waals surface area (Å²) in [6.45, 7) is 1.82. The average Bonchev–Trinajstić information content (AvgIpc) is 3.59. The van der Waals surface area contributed by atoms with Crippen molar-refractivity contribution < 1.29 is 23.8 Å². The third-order valence-corrected chi connectivity index (χ3v) is 7.52. The molecule has 6 rings (SSSR count). The number of hydrogen-bond donors (Lipinski definition) is 1. The average molecular weight is 604 g/mol. The van der Waals surface area contributed by atoms with E-state index >= 15 is 0 Å². The molecule has 0 bridgehead atoms. The van der Waals surface area contributed by atoms with E-state index in [1.165, 1.54) is 0 Å². The molecule has 1 fully saturated rings. The Morgan fingerprint density at radius 2 is 1.91 bits per heavy atom. The Morgan fingerprint density at radius 3 is 2.67 bits per heavy atom. The quantitative estimate of drug-likeness (QED) is 0.303. The van der Waals surface area contributed by atoms with Crippen molar-refractivity contribution in [2.24, 2.45) is 0 Å². The van der Waals surface area contributed by atoms with Gasteiger partial charge in [-0.3, -0.25) is 14.2 Å². The first-order chi connectivity index (χ1) is 21.0. The first kappa shape index (κ1) is 28.3. The van der Waals surface area contributed by atoms with E-state index in [9.17, 15) is 9.59 Å². The largest absolute Gasteiger partial charge is 0.497 e. The molecule has 0 spiro atoms. The van der Waals surface area contributed by atoms with Gasteiger partial charge in [-0.2, -0.15) is 4.98 Å². The number of methoxy groups -OCH3 is 1. The van der Waals surface area contributed by atoms with Gasteiger partial charge >= 0.3 is 0 Å². The normalized spacial score (nSPS) is 17.8. The van der Waals surface area contributed by atoms with Gasteiger partial charge in [-0.1, -0.05) is 23.7 Å². The lowest BCUT2D eigenvalue weighted by Crippen LogP contribution is -2.57. The molecule has 43 heavy (non-hydrogen) atoms. The van der Waals surface area contributed by atoms with Gasteiger partial charge in [-0.05, 0) is 36.4 Å². The fourth-order valence-corrected chi connectivity index (χ4v) is 5.30. The maximum atomic E-state index is 13.7. The van der Waals surface area contributed by atoms with Gasteiger partial charge in [0.2, 0.25) is 11.9 Å². The van der Waals surface area contributed by atoms with E-state index in [-0.39, 0.29) is 36.0 Å². The number of amides is 2. The van der Waals surface area contributed by atoms with E-state index in [0.29, 0.717) is 60.8 Å². The van der Waals surface area contributed by atoms with Gasteiger partial charge in [0.25, 0.3) is 5.91 Å². The summed E-state index contributed by atoms with van der Waals surface area (Å²) in [5.41, 5.74) is 0.513. The minimum absolute atomic E-state index is 0.0791. The highest BCUT2D eigenvalue weighted by atomic mass is 35.5. The lowest BCUT2D eigenvalue weighted by atomic mass is 10.0. The molecule has 4 aromatic rings. The molecule has 0 saturated carbocycles. The lowest BCUT2D eigenvalue weighted by Gasteiger charge is -2.42. The Hall–Kier alpha value is -4.84. The molecule has 2 aromatic heterocycles. The molecule has 2 aliphatic heterocycles. The van der Waals surface area contributed by atoms with Crippen LogP contribution in [0, 0.1) is 0 Å². The van der Waals surface area contributed by atoms with Gasteiger partial charge in [0.05, 0.1) is 19.7 Å². The van der Waals surface area contributed by atoms with Crippen LogP contribution >= 0.6 is 11.6 Å². The third kappa shape index (κ3) is 6.49. The molecule has 13 heteroatoms. The maximum Gasteiger partial charge on any atom is 0.254 e. The van der Waals surface area contributed by atoms with Crippen LogP contribution < -0.4 is 24.4 Å². The highest BCUT2D eigenvalue weighted by Crippen LogP contribution is 2.31. The van der Waals surface area contributed by atoms with Crippen LogP contribution in [-0.4, -0.2) is 88.3 Å². The minimum atomic E-state index is -0.446. The van der Waals surface area contributed by atoms with Crippen molar-refractivity contribution in [2.75, 3.05) is 44.8 Å². The monoisotopic (exact) mass is 603 g/mol. The SMILES string of the molecule is COc1ccc(C(=O)N2CCN(c3cc(Cl)nc(-n4ccnc4)n3)CC2CC(=O)NCC2COc3ccccc3O2)cc1. The fraction of sp³-hybridized carbons (Fsp3) is 0.300. The Bertz CT molecular complexity index is 1580. The number of carbonyl (C=O) groups excluding carboxylic acids is 2. The molecule has 2 atom stereocenters. The Morgan fingerprint density at radius 1 is 1.09 bits per heavy atom. The van der Waals surface area contributed by atoms with Crippen molar-refractivity contribution >= 4 is 29.2 Å². The number of nitrogens with zero attached hydrogens (tertiary/aromatic N) is 6. The Balaban J connectivity index is 1.18. The maximum absolute atomic E-state index is 13.7. The number of hydrogen-bond acceptors (Lipinski definition) is 9. The molecule has 1 N–H and O–H groups in total. The molecular formula is C30H30ClN7O5. The van der Waals surface area contributed by atoms with Crippen LogP contribution in [0.4, 0.5) is 5.82 Å². The number of imidazole rings is 1. The summed E-state index contributed by atoms with van der Waals surface area (Å²) < 4.78 is 18.7. The van der Waals surface area contributed by atoms with Crippen molar-refractivity contribution in [3.05, 3.63) is 84.0 Å². The smallest absolute Gasteiger partial charge is 0.254 e. The van der Waals surface area contributed by atoms with E-state index in [2.05, 4.69) is 20.3 Å². The van der Waals surface area contributed by atoms with Crippen LogP contribution in [0.1, 0.15) is 16.8 Å². The van der Waals surface area contributed by atoms with Crippen molar-refractivity contribution in [2.45, 2.75) is 18.6 Å². The molecule has 12 nitrogen and oxygen atoms in total. The Kier molecular flexibility index (Phi) is 8.27. The number of para-hydroxylation sites is 2. The van der Waals surface area contributed by atoms with Gasteiger partial charge in [-0.25, -0.2) is 9.97 Å². The van der Waals surface area contributed by atoms with Gasteiger partial charge in [0.15, 0.2) is 11.5 Å². The number of ether oxygens (including phenoxy) is 3. The van der Waals surface area contributed by atoms with Crippen molar-refractivity contribution in [1.82, 2.24) is 29.7 Å². The van der Waals surface area contributed by atoms with Crippen LogP contribution in [0.25, 0.3) is 5.95 Å². The number of benzene rings is 2. The number of halogens is 1. The minimum Gasteiger partial charge on any atom is -0.497 e. The summed E-state index contributed by atoms with van der Waals surface area (Å²) in [7, 11) is 1.57. The number of fused-ring (bicyclic) bond motifs is 1. The summed E-state index contributed by atoms with van der Waals surface area (Å²) in [6.07, 6.45) is 4.70. The second-order valence-electron chi connectivity index (χ2n) is 10.2. The van der Waals surface area contributed by atoms with Gasteiger partial charge < -0.3 is 29.3 Å². The topological polar surface area (TPSA) is 124 Å². The summed E-state index contributed by atoms with van der Waals surface area (Å²) in [4.78, 5) is 43.7. The number of rotatable bonds is 8. The van der Waals surface area contributed by atoms with Crippen molar-refractivity contribution in [3.63, 3.8) is 0 Å².